The molecule has 0 aliphatic carbocycles. The van der Waals surface area contributed by atoms with Crippen LogP contribution in [0.5, 0.6) is 0 Å². The lowest BCUT2D eigenvalue weighted by Gasteiger charge is -2.06. The van der Waals surface area contributed by atoms with Gasteiger partial charge in [-0.05, 0) is 42.0 Å². The van der Waals surface area contributed by atoms with Crippen LogP contribution in [0.2, 0.25) is 5.02 Å². The number of esters is 1. The van der Waals surface area contributed by atoms with Gasteiger partial charge in [-0.2, -0.15) is 0 Å². The quantitative estimate of drug-likeness (QED) is 0.416. The Hall–Kier alpha value is -2.58. The fourth-order valence-corrected chi connectivity index (χ4v) is 2.61. The Morgan fingerprint density at radius 1 is 1.08 bits per heavy atom. The molecule has 0 saturated heterocycles. The van der Waals surface area contributed by atoms with E-state index >= 15 is 0 Å². The zero-order valence-corrected chi connectivity index (χ0v) is 15.1. The summed E-state index contributed by atoms with van der Waals surface area (Å²) < 4.78 is 5.07. The third kappa shape index (κ3) is 6.73. The highest BCUT2D eigenvalue weighted by molar-refractivity contribution is 8.00. The number of hydrogen-bond acceptors (Lipinski definition) is 6. The number of rotatable bonds is 8. The van der Waals surface area contributed by atoms with Crippen LogP contribution in [0, 0.1) is 10.1 Å². The van der Waals surface area contributed by atoms with E-state index in [1.165, 1.54) is 24.3 Å². The van der Waals surface area contributed by atoms with Crippen molar-refractivity contribution in [2.45, 2.75) is 6.61 Å². The van der Waals surface area contributed by atoms with Crippen molar-refractivity contribution < 1.29 is 19.2 Å². The molecule has 1 amide bonds. The smallest absolute Gasteiger partial charge is 0.316 e. The normalized spacial score (nSPS) is 10.2. The molecule has 0 aliphatic heterocycles. The summed E-state index contributed by atoms with van der Waals surface area (Å²) in [6.07, 6.45) is 0. The Balaban J connectivity index is 1.66. The highest BCUT2D eigenvalue weighted by atomic mass is 35.5. The summed E-state index contributed by atoms with van der Waals surface area (Å²) in [6.45, 7) is 0.0222. The number of nitrogens with zero attached hydrogens (tertiary/aromatic N) is 1. The molecule has 0 atom stereocenters. The number of carbonyl (C=O) groups excluding carboxylic acids is 2. The zero-order valence-electron chi connectivity index (χ0n) is 13.5. The molecule has 7 nitrogen and oxygen atoms in total. The number of benzene rings is 2. The number of thioether (sulfide) groups is 1. The lowest BCUT2D eigenvalue weighted by atomic mass is 10.2. The van der Waals surface area contributed by atoms with Gasteiger partial charge in [0.1, 0.15) is 6.61 Å². The Morgan fingerprint density at radius 3 is 2.35 bits per heavy atom. The van der Waals surface area contributed by atoms with E-state index in [1.807, 2.05) is 0 Å². The van der Waals surface area contributed by atoms with E-state index in [9.17, 15) is 19.7 Å². The second kappa shape index (κ2) is 9.79. The van der Waals surface area contributed by atoms with Crippen LogP contribution >= 0.6 is 23.4 Å². The number of ether oxygens (including phenoxy) is 1. The summed E-state index contributed by atoms with van der Waals surface area (Å²) in [4.78, 5) is 33.5. The SMILES string of the molecule is O=C(CSCC(=O)OCc1ccc([N+](=O)[O-])cc1)Nc1ccc(Cl)cc1. The largest absolute Gasteiger partial charge is 0.460 e. The molecule has 1 N–H and O–H groups in total. The third-order valence-corrected chi connectivity index (χ3v) is 4.29. The molecule has 9 heteroatoms. The van der Waals surface area contributed by atoms with Gasteiger partial charge in [0.05, 0.1) is 16.4 Å². The van der Waals surface area contributed by atoms with Gasteiger partial charge < -0.3 is 10.1 Å². The van der Waals surface area contributed by atoms with Crippen LogP contribution in [0.25, 0.3) is 0 Å². The fraction of sp³-hybridized carbons (Fsp3) is 0.176. The van der Waals surface area contributed by atoms with Crippen molar-refractivity contribution >= 4 is 46.6 Å². The zero-order chi connectivity index (χ0) is 18.9. The van der Waals surface area contributed by atoms with Gasteiger partial charge >= 0.3 is 5.97 Å². The van der Waals surface area contributed by atoms with E-state index in [1.54, 1.807) is 24.3 Å². The molecule has 0 fully saturated rings. The van der Waals surface area contributed by atoms with Gasteiger partial charge in [0, 0.05) is 22.8 Å². The summed E-state index contributed by atoms with van der Waals surface area (Å²) in [6, 6.07) is 12.4. The van der Waals surface area contributed by atoms with E-state index in [0.29, 0.717) is 16.3 Å². The molecule has 0 heterocycles. The highest BCUT2D eigenvalue weighted by Gasteiger charge is 2.09. The lowest BCUT2D eigenvalue weighted by Crippen LogP contribution is -2.16. The lowest BCUT2D eigenvalue weighted by molar-refractivity contribution is -0.384. The van der Waals surface area contributed by atoms with E-state index in [2.05, 4.69) is 5.32 Å². The number of non-ortho nitro benzene ring substituents is 1. The minimum Gasteiger partial charge on any atom is -0.460 e. The topological polar surface area (TPSA) is 98.5 Å². The Kier molecular flexibility index (Phi) is 7.43. The first-order valence-corrected chi connectivity index (χ1v) is 8.99. The van der Waals surface area contributed by atoms with Gasteiger partial charge in [0.15, 0.2) is 0 Å². The minimum absolute atomic E-state index is 0.0222. The molecule has 0 spiro atoms. The average Bonchev–Trinajstić information content (AvgIpc) is 2.62. The van der Waals surface area contributed by atoms with Crippen LogP contribution in [-0.4, -0.2) is 28.3 Å². The predicted molar refractivity (Wildman–Crippen MR) is 100 cm³/mol. The van der Waals surface area contributed by atoms with Crippen LogP contribution in [0.15, 0.2) is 48.5 Å². The van der Waals surface area contributed by atoms with Crippen molar-refractivity contribution in [3.05, 3.63) is 69.2 Å². The van der Waals surface area contributed by atoms with E-state index < -0.39 is 10.9 Å². The Morgan fingerprint density at radius 2 is 1.73 bits per heavy atom. The van der Waals surface area contributed by atoms with Gasteiger partial charge in [-0.15, -0.1) is 11.8 Å². The molecular formula is C17H15ClN2O5S. The van der Waals surface area contributed by atoms with Crippen LogP contribution < -0.4 is 5.32 Å². The number of amides is 1. The number of carbonyl (C=O) groups is 2. The van der Waals surface area contributed by atoms with Crippen molar-refractivity contribution in [2.24, 2.45) is 0 Å². The molecule has 2 aromatic carbocycles. The first-order valence-electron chi connectivity index (χ1n) is 7.46. The number of nitro benzene ring substituents is 1. The molecule has 0 saturated carbocycles. The molecule has 2 rings (SSSR count). The van der Waals surface area contributed by atoms with Crippen molar-refractivity contribution in [3.63, 3.8) is 0 Å². The first kappa shape index (κ1) is 19.7. The molecular weight excluding hydrogens is 380 g/mol. The predicted octanol–water partition coefficient (Wildman–Crippen LogP) is 3.66. The van der Waals surface area contributed by atoms with Crippen LogP contribution in [-0.2, 0) is 20.9 Å². The number of anilines is 1. The second-order valence-electron chi connectivity index (χ2n) is 5.13. The van der Waals surface area contributed by atoms with Crippen molar-refractivity contribution in [1.29, 1.82) is 0 Å². The first-order chi connectivity index (χ1) is 12.4. The summed E-state index contributed by atoms with van der Waals surface area (Å²) in [5.41, 5.74) is 1.25. The maximum Gasteiger partial charge on any atom is 0.316 e. The van der Waals surface area contributed by atoms with Gasteiger partial charge in [0.25, 0.3) is 5.69 Å². The van der Waals surface area contributed by atoms with Crippen molar-refractivity contribution in [1.82, 2.24) is 0 Å². The summed E-state index contributed by atoms with van der Waals surface area (Å²) in [5.74, 6) is -0.566. The second-order valence-corrected chi connectivity index (χ2v) is 6.55. The van der Waals surface area contributed by atoms with Gasteiger partial charge in [0.2, 0.25) is 5.91 Å². The summed E-state index contributed by atoms with van der Waals surface area (Å²) in [5, 5.41) is 13.8. The fourth-order valence-electron chi connectivity index (χ4n) is 1.88. The summed E-state index contributed by atoms with van der Waals surface area (Å²) in [7, 11) is 0. The summed E-state index contributed by atoms with van der Waals surface area (Å²) >= 11 is 6.90. The molecule has 0 radical (unpaired) electrons. The van der Waals surface area contributed by atoms with Gasteiger partial charge in [-0.1, -0.05) is 11.6 Å². The van der Waals surface area contributed by atoms with E-state index in [0.717, 1.165) is 11.8 Å². The Labute approximate surface area is 158 Å². The average molecular weight is 395 g/mol. The number of nitro groups is 1. The van der Waals surface area contributed by atoms with Gasteiger partial charge in [-0.25, -0.2) is 0 Å². The standard InChI is InChI=1S/C17H15ClN2O5S/c18-13-3-5-14(6-4-13)19-16(21)10-26-11-17(22)25-9-12-1-7-15(8-2-12)20(23)24/h1-8H,9-11H2,(H,19,21). The molecule has 26 heavy (non-hydrogen) atoms. The molecule has 0 aromatic heterocycles. The number of halogens is 1. The molecule has 0 bridgehead atoms. The van der Waals surface area contributed by atoms with E-state index in [-0.39, 0.29) is 29.7 Å². The van der Waals surface area contributed by atoms with Crippen LogP contribution in [0.1, 0.15) is 5.56 Å². The maximum absolute atomic E-state index is 11.8. The monoisotopic (exact) mass is 394 g/mol. The maximum atomic E-state index is 11.8. The van der Waals surface area contributed by atoms with Crippen molar-refractivity contribution in [2.75, 3.05) is 16.8 Å². The molecule has 2 aromatic rings. The van der Waals surface area contributed by atoms with Crippen molar-refractivity contribution in [3.8, 4) is 0 Å². The molecule has 0 unspecified atom stereocenters. The number of nitrogens with one attached hydrogen (secondary N) is 1. The highest BCUT2D eigenvalue weighted by Crippen LogP contribution is 2.15. The Bertz CT molecular complexity index is 781. The molecule has 0 aliphatic rings. The van der Waals surface area contributed by atoms with E-state index in [4.69, 9.17) is 16.3 Å². The van der Waals surface area contributed by atoms with Crippen LogP contribution in [0.3, 0.4) is 0 Å². The molecule has 136 valence electrons. The minimum atomic E-state index is -0.498. The third-order valence-electron chi connectivity index (χ3n) is 3.13. The number of hydrogen-bond donors (Lipinski definition) is 1. The van der Waals surface area contributed by atoms with Crippen LogP contribution in [0.4, 0.5) is 11.4 Å². The van der Waals surface area contributed by atoms with Gasteiger partial charge in [-0.3, -0.25) is 19.7 Å².